The monoisotopic (exact) mass is 505 g/mol. The van der Waals surface area contributed by atoms with Crippen molar-refractivity contribution in [2.45, 2.75) is 43.2 Å². The minimum atomic E-state index is -4.13. The van der Waals surface area contributed by atoms with Crippen LogP contribution in [-0.4, -0.2) is 37.3 Å². The molecule has 2 aliphatic heterocycles. The summed E-state index contributed by atoms with van der Waals surface area (Å²) in [7, 11) is -4.13. The third kappa shape index (κ3) is 3.71. The first-order valence-electron chi connectivity index (χ1n) is 11.7. The summed E-state index contributed by atoms with van der Waals surface area (Å²) in [6.07, 6.45) is -1.72. The summed E-state index contributed by atoms with van der Waals surface area (Å²) in [5.74, 6) is -0.492. The number of hydrogen-bond acceptors (Lipinski definition) is 5. The van der Waals surface area contributed by atoms with Gasteiger partial charge in [0.1, 0.15) is 5.54 Å². The van der Waals surface area contributed by atoms with Crippen molar-refractivity contribution >= 4 is 27.5 Å². The Balaban J connectivity index is 1.79. The molecule has 3 atom stereocenters. The Morgan fingerprint density at radius 3 is 2.17 bits per heavy atom. The van der Waals surface area contributed by atoms with E-state index in [0.29, 0.717) is 16.8 Å². The third-order valence-electron chi connectivity index (χ3n) is 6.74. The van der Waals surface area contributed by atoms with Gasteiger partial charge < -0.3 is 10.1 Å². The normalized spacial score (nSPS) is 23.2. The molecule has 36 heavy (non-hydrogen) atoms. The topological polar surface area (TPSA) is 96.0 Å². The van der Waals surface area contributed by atoms with Crippen molar-refractivity contribution in [3.63, 3.8) is 0 Å². The Bertz CT molecular complexity index is 1400. The molecule has 0 spiro atoms. The number of nitrogens with zero attached hydrogens (tertiary/aromatic N) is 2. The first-order chi connectivity index (χ1) is 17.3. The lowest BCUT2D eigenvalue weighted by molar-refractivity contribution is -0.120. The van der Waals surface area contributed by atoms with Crippen LogP contribution in [0.15, 0.2) is 89.8 Å². The second-order valence-electron chi connectivity index (χ2n) is 8.93. The van der Waals surface area contributed by atoms with Gasteiger partial charge >= 0.3 is 0 Å². The minimum Gasteiger partial charge on any atom is -0.356 e. The quantitative estimate of drug-likeness (QED) is 0.553. The van der Waals surface area contributed by atoms with Gasteiger partial charge in [-0.15, -0.1) is 0 Å². The number of nitrogens with one attached hydrogen (secondary N) is 1. The van der Waals surface area contributed by atoms with Crippen LogP contribution in [0, 0.1) is 0 Å². The number of sulfonamides is 1. The number of carbonyl (C=O) groups is 2. The summed E-state index contributed by atoms with van der Waals surface area (Å²) < 4.78 is 36.8. The van der Waals surface area contributed by atoms with Crippen LogP contribution < -0.4 is 10.2 Å². The molecule has 0 bridgehead atoms. The zero-order valence-corrected chi connectivity index (χ0v) is 20.8. The highest BCUT2D eigenvalue weighted by atomic mass is 32.2. The van der Waals surface area contributed by atoms with Crippen molar-refractivity contribution in [2.24, 2.45) is 0 Å². The lowest BCUT2D eigenvalue weighted by Crippen LogP contribution is -2.53. The van der Waals surface area contributed by atoms with Gasteiger partial charge in [-0.05, 0) is 30.2 Å². The summed E-state index contributed by atoms with van der Waals surface area (Å²) in [6, 6.07) is 24.6. The van der Waals surface area contributed by atoms with Crippen molar-refractivity contribution in [1.82, 2.24) is 9.62 Å². The van der Waals surface area contributed by atoms with E-state index in [1.54, 1.807) is 36.4 Å². The molecule has 8 nitrogen and oxygen atoms in total. The van der Waals surface area contributed by atoms with E-state index in [9.17, 15) is 18.0 Å². The molecule has 0 aromatic heterocycles. The number of para-hydroxylation sites is 1. The maximum absolute atomic E-state index is 14.4. The Labute approximate surface area is 210 Å². The summed E-state index contributed by atoms with van der Waals surface area (Å²) in [4.78, 5) is 26.4. The average Bonchev–Trinajstić information content (AvgIpc) is 3.34. The number of fused-ring (bicyclic) bond motifs is 3. The van der Waals surface area contributed by atoms with Gasteiger partial charge in [-0.1, -0.05) is 66.7 Å². The Morgan fingerprint density at radius 1 is 0.917 bits per heavy atom. The van der Waals surface area contributed by atoms with Crippen molar-refractivity contribution < 1.29 is 22.7 Å². The third-order valence-corrected chi connectivity index (χ3v) is 8.64. The lowest BCUT2D eigenvalue weighted by Gasteiger charge is -2.38. The molecule has 2 heterocycles. The standard InChI is InChI=1S/C27H27N3O5S/c1-19(31)28-18-17-27-23-15-9-10-16-24(23)29(20(2)32)26(27)35-25(21-11-5-3-6-12-21)30(27)36(33,34)22-13-7-4-8-14-22/h3-16,25-26H,17-18H2,1-2H3,(H,28,31)/t25-,26+,27+/m1/s1. The van der Waals surface area contributed by atoms with E-state index in [0.717, 1.165) is 0 Å². The van der Waals surface area contributed by atoms with Crippen LogP contribution in [0.25, 0.3) is 0 Å². The molecule has 3 aromatic carbocycles. The van der Waals surface area contributed by atoms with Crippen molar-refractivity contribution in [3.05, 3.63) is 96.1 Å². The highest BCUT2D eigenvalue weighted by Gasteiger charge is 2.67. The van der Waals surface area contributed by atoms with Crippen molar-refractivity contribution in [3.8, 4) is 0 Å². The molecule has 0 saturated carbocycles. The summed E-state index contributed by atoms with van der Waals surface area (Å²) in [6.45, 7) is 3.05. The van der Waals surface area contributed by atoms with E-state index >= 15 is 0 Å². The number of benzene rings is 3. The van der Waals surface area contributed by atoms with E-state index in [-0.39, 0.29) is 29.7 Å². The number of hydrogen-bond donors (Lipinski definition) is 1. The number of anilines is 1. The van der Waals surface area contributed by atoms with E-state index in [1.807, 2.05) is 48.5 Å². The first-order valence-corrected chi connectivity index (χ1v) is 13.2. The van der Waals surface area contributed by atoms with Gasteiger partial charge in [-0.2, -0.15) is 4.31 Å². The van der Waals surface area contributed by atoms with Crippen molar-refractivity contribution in [2.75, 3.05) is 11.4 Å². The highest BCUT2D eigenvalue weighted by Crippen LogP contribution is 2.59. The maximum atomic E-state index is 14.4. The molecule has 0 unspecified atom stereocenters. The highest BCUT2D eigenvalue weighted by molar-refractivity contribution is 7.89. The van der Waals surface area contributed by atoms with Crippen LogP contribution in [0.3, 0.4) is 0 Å². The number of ether oxygens (including phenoxy) is 1. The zero-order valence-electron chi connectivity index (χ0n) is 20.0. The predicted molar refractivity (Wildman–Crippen MR) is 134 cm³/mol. The number of amides is 2. The smallest absolute Gasteiger partial charge is 0.246 e. The molecule has 0 radical (unpaired) electrons. The maximum Gasteiger partial charge on any atom is 0.246 e. The first kappa shape index (κ1) is 24.2. The summed E-state index contributed by atoms with van der Waals surface area (Å²) in [5, 5.41) is 2.80. The molecule has 3 aromatic rings. The van der Waals surface area contributed by atoms with Crippen LogP contribution in [0.5, 0.6) is 0 Å². The molecule has 5 rings (SSSR count). The predicted octanol–water partition coefficient (Wildman–Crippen LogP) is 3.52. The molecule has 1 saturated heterocycles. The minimum absolute atomic E-state index is 0.118. The second kappa shape index (κ2) is 9.16. The van der Waals surface area contributed by atoms with Gasteiger partial charge in [0, 0.05) is 26.0 Å². The summed E-state index contributed by atoms with van der Waals surface area (Å²) in [5.41, 5.74) is 0.622. The average molecular weight is 506 g/mol. The molecule has 2 amide bonds. The Morgan fingerprint density at radius 2 is 1.53 bits per heavy atom. The van der Waals surface area contributed by atoms with E-state index in [4.69, 9.17) is 4.74 Å². The van der Waals surface area contributed by atoms with Gasteiger partial charge in [-0.25, -0.2) is 8.42 Å². The molecular formula is C27H27N3O5S. The van der Waals surface area contributed by atoms with E-state index < -0.39 is 28.0 Å². The molecule has 1 fully saturated rings. The van der Waals surface area contributed by atoms with Crippen LogP contribution in [0.2, 0.25) is 0 Å². The van der Waals surface area contributed by atoms with Gasteiger partial charge in [-0.3, -0.25) is 14.5 Å². The van der Waals surface area contributed by atoms with Crippen LogP contribution >= 0.6 is 0 Å². The fourth-order valence-corrected chi connectivity index (χ4v) is 7.18. The fourth-order valence-electron chi connectivity index (χ4n) is 5.32. The van der Waals surface area contributed by atoms with Crippen LogP contribution in [0.4, 0.5) is 5.69 Å². The zero-order chi connectivity index (χ0) is 25.5. The van der Waals surface area contributed by atoms with Gasteiger partial charge in [0.25, 0.3) is 0 Å². The van der Waals surface area contributed by atoms with Crippen LogP contribution in [-0.2, 0) is 29.9 Å². The van der Waals surface area contributed by atoms with Crippen LogP contribution in [0.1, 0.15) is 37.6 Å². The van der Waals surface area contributed by atoms with Gasteiger partial charge in [0.15, 0.2) is 12.5 Å². The van der Waals surface area contributed by atoms with Gasteiger partial charge in [0.05, 0.1) is 10.6 Å². The molecular weight excluding hydrogens is 478 g/mol. The van der Waals surface area contributed by atoms with E-state index in [1.165, 1.54) is 23.1 Å². The van der Waals surface area contributed by atoms with Gasteiger partial charge in [0.2, 0.25) is 21.8 Å². The number of carbonyl (C=O) groups excluding carboxylic acids is 2. The largest absolute Gasteiger partial charge is 0.356 e. The van der Waals surface area contributed by atoms with E-state index in [2.05, 4.69) is 5.32 Å². The molecule has 186 valence electrons. The Hall–Kier alpha value is -3.53. The lowest BCUT2D eigenvalue weighted by atomic mass is 9.87. The molecule has 1 N–H and O–H groups in total. The van der Waals surface area contributed by atoms with Crippen molar-refractivity contribution in [1.29, 1.82) is 0 Å². The second-order valence-corrected chi connectivity index (χ2v) is 10.7. The molecule has 0 aliphatic carbocycles. The Kier molecular flexibility index (Phi) is 6.15. The SMILES string of the molecule is CC(=O)NCC[C@]12c3ccccc3N(C(C)=O)[C@H]1O[C@H](c1ccccc1)N2S(=O)(=O)c1ccccc1. The molecule has 2 aliphatic rings. The number of rotatable bonds is 6. The summed E-state index contributed by atoms with van der Waals surface area (Å²) >= 11 is 0. The fraction of sp³-hybridized carbons (Fsp3) is 0.259. The molecule has 9 heteroatoms.